The second-order valence-electron chi connectivity index (χ2n) is 6.10. The molecule has 0 radical (unpaired) electrons. The van der Waals surface area contributed by atoms with E-state index in [1.54, 1.807) is 10.6 Å². The van der Waals surface area contributed by atoms with Crippen molar-refractivity contribution in [3.63, 3.8) is 0 Å². The fraction of sp³-hybridized carbons (Fsp3) is 0.500. The van der Waals surface area contributed by atoms with Crippen molar-refractivity contribution in [2.24, 2.45) is 0 Å². The molecule has 0 spiro atoms. The molecule has 6 nitrogen and oxygen atoms in total. The van der Waals surface area contributed by atoms with E-state index in [0.29, 0.717) is 13.1 Å². The van der Waals surface area contributed by atoms with Crippen LogP contribution in [0.5, 0.6) is 0 Å². The summed E-state index contributed by atoms with van der Waals surface area (Å²) >= 11 is 0. The number of sulfonamides is 1. The van der Waals surface area contributed by atoms with Crippen molar-refractivity contribution in [2.75, 3.05) is 18.8 Å². The number of aromatic nitrogens is 3. The minimum Gasteiger partial charge on any atom is -0.250 e. The summed E-state index contributed by atoms with van der Waals surface area (Å²) in [6.07, 6.45) is 4.78. The average Bonchev–Trinajstić information content (AvgIpc) is 3.10. The number of rotatable bonds is 5. The molecule has 1 aliphatic rings. The number of hydrogen-bond acceptors (Lipinski definition) is 4. The van der Waals surface area contributed by atoms with Crippen LogP contribution in [0.15, 0.2) is 43.0 Å². The Hall–Kier alpha value is -1.73. The van der Waals surface area contributed by atoms with Gasteiger partial charge in [0.15, 0.2) is 0 Å². The lowest BCUT2D eigenvalue weighted by Crippen LogP contribution is -2.41. The molecular formula is C16H22N4O2S. The Balaban J connectivity index is 1.60. The van der Waals surface area contributed by atoms with Crippen molar-refractivity contribution in [3.8, 4) is 0 Å². The molecule has 2 aromatic rings. The SMILES string of the molecule is C[C@@H](CS(=O)(=O)N1CCC(n2cncn2)CC1)c1ccccc1. The predicted octanol–water partition coefficient (Wildman–Crippen LogP) is 2.05. The molecule has 1 aliphatic heterocycles. The topological polar surface area (TPSA) is 68.1 Å². The average molecular weight is 334 g/mol. The Kier molecular flexibility index (Phi) is 4.77. The minimum absolute atomic E-state index is 0.00533. The van der Waals surface area contributed by atoms with Gasteiger partial charge in [0.05, 0.1) is 11.8 Å². The summed E-state index contributed by atoms with van der Waals surface area (Å²) in [7, 11) is -3.23. The minimum atomic E-state index is -3.23. The molecule has 23 heavy (non-hydrogen) atoms. The molecule has 0 amide bonds. The van der Waals surface area contributed by atoms with Crippen LogP contribution in [0.1, 0.15) is 37.3 Å². The van der Waals surface area contributed by atoms with E-state index >= 15 is 0 Å². The zero-order valence-electron chi connectivity index (χ0n) is 13.2. The fourth-order valence-corrected chi connectivity index (χ4v) is 4.89. The first-order chi connectivity index (χ1) is 11.1. The van der Waals surface area contributed by atoms with Gasteiger partial charge in [-0.3, -0.25) is 0 Å². The molecule has 1 aromatic carbocycles. The molecule has 0 bridgehead atoms. The van der Waals surface area contributed by atoms with Crippen molar-refractivity contribution >= 4 is 10.0 Å². The Morgan fingerprint density at radius 3 is 2.52 bits per heavy atom. The van der Waals surface area contributed by atoms with E-state index in [9.17, 15) is 8.42 Å². The summed E-state index contributed by atoms with van der Waals surface area (Å²) < 4.78 is 28.8. The molecule has 124 valence electrons. The molecule has 0 N–H and O–H groups in total. The van der Waals surface area contributed by atoms with E-state index < -0.39 is 10.0 Å². The van der Waals surface area contributed by atoms with Crippen LogP contribution in [0.4, 0.5) is 0 Å². The van der Waals surface area contributed by atoms with Gasteiger partial charge in [0.2, 0.25) is 10.0 Å². The van der Waals surface area contributed by atoms with Crippen molar-refractivity contribution in [3.05, 3.63) is 48.5 Å². The molecule has 7 heteroatoms. The zero-order chi connectivity index (χ0) is 16.3. The monoisotopic (exact) mass is 334 g/mol. The van der Waals surface area contributed by atoms with Crippen molar-refractivity contribution < 1.29 is 8.42 Å². The van der Waals surface area contributed by atoms with Crippen molar-refractivity contribution in [1.29, 1.82) is 0 Å². The third kappa shape index (κ3) is 3.79. The molecule has 3 rings (SSSR count). The maximum atomic E-state index is 12.7. The molecule has 1 aromatic heterocycles. The normalized spacial score (nSPS) is 18.8. The van der Waals surface area contributed by atoms with Crippen LogP contribution in [0.2, 0.25) is 0 Å². The molecule has 2 heterocycles. The van der Waals surface area contributed by atoms with E-state index in [0.717, 1.165) is 18.4 Å². The molecule has 1 saturated heterocycles. The van der Waals surface area contributed by atoms with Gasteiger partial charge in [0.1, 0.15) is 12.7 Å². The Morgan fingerprint density at radius 2 is 1.91 bits per heavy atom. The first kappa shape index (κ1) is 16.1. The van der Waals surface area contributed by atoms with Crippen molar-refractivity contribution in [2.45, 2.75) is 31.7 Å². The lowest BCUT2D eigenvalue weighted by molar-refractivity contribution is 0.260. The Morgan fingerprint density at radius 1 is 1.22 bits per heavy atom. The van der Waals surface area contributed by atoms with Gasteiger partial charge in [-0.15, -0.1) is 0 Å². The highest BCUT2D eigenvalue weighted by Crippen LogP contribution is 2.25. The second-order valence-corrected chi connectivity index (χ2v) is 8.11. The van der Waals surface area contributed by atoms with Crippen molar-refractivity contribution in [1.82, 2.24) is 19.1 Å². The van der Waals surface area contributed by atoms with Crippen LogP contribution < -0.4 is 0 Å². The van der Waals surface area contributed by atoms with Crippen LogP contribution in [0.3, 0.4) is 0 Å². The number of nitrogens with zero attached hydrogens (tertiary/aromatic N) is 4. The zero-order valence-corrected chi connectivity index (χ0v) is 14.1. The van der Waals surface area contributed by atoms with Crippen LogP contribution in [-0.2, 0) is 10.0 Å². The van der Waals surface area contributed by atoms with E-state index in [1.165, 1.54) is 6.33 Å². The van der Waals surface area contributed by atoms with Gasteiger partial charge in [0, 0.05) is 13.1 Å². The number of benzene rings is 1. The maximum absolute atomic E-state index is 12.7. The third-order valence-electron chi connectivity index (χ3n) is 4.46. The lowest BCUT2D eigenvalue weighted by Gasteiger charge is -2.31. The molecule has 1 fully saturated rings. The smallest absolute Gasteiger partial charge is 0.214 e. The summed E-state index contributed by atoms with van der Waals surface area (Å²) in [5.41, 5.74) is 1.06. The van der Waals surface area contributed by atoms with Gasteiger partial charge in [-0.25, -0.2) is 22.4 Å². The third-order valence-corrected chi connectivity index (χ3v) is 6.53. The number of hydrogen-bond donors (Lipinski definition) is 0. The lowest BCUT2D eigenvalue weighted by atomic mass is 10.0. The summed E-state index contributed by atoms with van der Waals surface area (Å²) in [6.45, 7) is 3.07. The quantitative estimate of drug-likeness (QED) is 0.839. The summed E-state index contributed by atoms with van der Waals surface area (Å²) in [5, 5.41) is 4.15. The van der Waals surface area contributed by atoms with E-state index in [4.69, 9.17) is 0 Å². The molecule has 0 unspecified atom stereocenters. The van der Waals surface area contributed by atoms with Gasteiger partial charge in [0.25, 0.3) is 0 Å². The molecule has 0 saturated carbocycles. The second kappa shape index (κ2) is 6.80. The van der Waals surface area contributed by atoms with E-state index in [1.807, 2.05) is 41.9 Å². The highest BCUT2D eigenvalue weighted by Gasteiger charge is 2.30. The van der Waals surface area contributed by atoms with E-state index in [2.05, 4.69) is 10.1 Å². The van der Waals surface area contributed by atoms with Crippen LogP contribution in [-0.4, -0.2) is 46.3 Å². The Bertz CT molecular complexity index is 708. The first-order valence-corrected chi connectivity index (χ1v) is 9.54. The molecular weight excluding hydrogens is 312 g/mol. The number of piperidine rings is 1. The van der Waals surface area contributed by atoms with Gasteiger partial charge < -0.3 is 0 Å². The van der Waals surface area contributed by atoms with Crippen LogP contribution in [0, 0.1) is 0 Å². The molecule has 0 aliphatic carbocycles. The van der Waals surface area contributed by atoms with Gasteiger partial charge >= 0.3 is 0 Å². The summed E-state index contributed by atoms with van der Waals surface area (Å²) in [5.74, 6) is 0.152. The maximum Gasteiger partial charge on any atom is 0.214 e. The predicted molar refractivity (Wildman–Crippen MR) is 88.5 cm³/mol. The van der Waals surface area contributed by atoms with Gasteiger partial charge in [-0.1, -0.05) is 37.3 Å². The fourth-order valence-electron chi connectivity index (χ4n) is 3.09. The van der Waals surface area contributed by atoms with E-state index in [-0.39, 0.29) is 17.7 Å². The highest BCUT2D eigenvalue weighted by molar-refractivity contribution is 7.89. The van der Waals surface area contributed by atoms with Crippen LogP contribution >= 0.6 is 0 Å². The van der Waals surface area contributed by atoms with Gasteiger partial charge in [-0.05, 0) is 24.3 Å². The van der Waals surface area contributed by atoms with Crippen LogP contribution in [0.25, 0.3) is 0 Å². The Labute approximate surface area is 137 Å². The standard InChI is InChI=1S/C16H22N4O2S/c1-14(15-5-3-2-4-6-15)11-23(21,22)19-9-7-16(8-10-19)20-13-17-12-18-20/h2-6,12-14,16H,7-11H2,1H3/t14-/m0/s1. The van der Waals surface area contributed by atoms with Gasteiger partial charge in [-0.2, -0.15) is 5.10 Å². The highest BCUT2D eigenvalue weighted by atomic mass is 32.2. The molecule has 1 atom stereocenters. The summed E-state index contributed by atoms with van der Waals surface area (Å²) in [4.78, 5) is 3.96. The first-order valence-electron chi connectivity index (χ1n) is 7.93. The summed E-state index contributed by atoms with van der Waals surface area (Å²) in [6, 6.07) is 10.0. The largest absolute Gasteiger partial charge is 0.250 e.